The van der Waals surface area contributed by atoms with Gasteiger partial charge in [0.2, 0.25) is 0 Å². The van der Waals surface area contributed by atoms with Crippen LogP contribution in [0.3, 0.4) is 0 Å². The highest BCUT2D eigenvalue weighted by Gasteiger charge is 2.42. The normalized spacial score (nSPS) is 19.1. The predicted octanol–water partition coefficient (Wildman–Crippen LogP) is 2.67. The molecule has 0 spiro atoms. The van der Waals surface area contributed by atoms with E-state index in [1.807, 2.05) is 18.2 Å². The van der Waals surface area contributed by atoms with Gasteiger partial charge in [0.05, 0.1) is 11.1 Å². The van der Waals surface area contributed by atoms with Crippen molar-refractivity contribution >= 4 is 10.9 Å². The predicted molar refractivity (Wildman–Crippen MR) is 77.0 cm³/mol. The first kappa shape index (κ1) is 12.6. The fourth-order valence-corrected chi connectivity index (χ4v) is 2.88. The first-order valence-corrected chi connectivity index (χ1v) is 6.89. The molecule has 1 unspecified atom stereocenters. The van der Waals surface area contributed by atoms with Crippen LogP contribution < -0.4 is 5.73 Å². The van der Waals surface area contributed by atoms with Crippen molar-refractivity contribution in [2.24, 2.45) is 5.73 Å². The molecule has 1 atom stereocenters. The summed E-state index contributed by atoms with van der Waals surface area (Å²) in [7, 11) is 1.77. The second-order valence-electron chi connectivity index (χ2n) is 5.43. The minimum absolute atomic E-state index is 0.0277. The van der Waals surface area contributed by atoms with Gasteiger partial charge in [-0.2, -0.15) is 0 Å². The Bertz CT molecular complexity index is 572. The van der Waals surface area contributed by atoms with Gasteiger partial charge in [0.1, 0.15) is 0 Å². The molecule has 0 saturated heterocycles. The number of nitrogens with zero attached hydrogens (tertiary/aromatic N) is 1. The molecule has 0 radical (unpaired) electrons. The van der Waals surface area contributed by atoms with Crippen molar-refractivity contribution in [1.29, 1.82) is 0 Å². The summed E-state index contributed by atoms with van der Waals surface area (Å²) in [5, 5.41) is 1.17. The molecule has 0 aliphatic heterocycles. The Hall–Kier alpha value is -1.45. The zero-order valence-electron chi connectivity index (χ0n) is 11.3. The van der Waals surface area contributed by atoms with Crippen molar-refractivity contribution in [3.63, 3.8) is 0 Å². The quantitative estimate of drug-likeness (QED) is 0.915. The summed E-state index contributed by atoms with van der Waals surface area (Å²) < 4.78 is 5.64. The van der Waals surface area contributed by atoms with Crippen LogP contribution in [0.1, 0.15) is 25.0 Å². The molecule has 1 saturated carbocycles. The lowest BCUT2D eigenvalue weighted by Crippen LogP contribution is -2.55. The standard InChI is InChI=1S/C16H20N2O/c1-19-16(9-4-10-16)15(17)11-13-8-7-12-5-2-3-6-14(12)18-13/h2-3,5-8,15H,4,9-11,17H2,1H3. The lowest BCUT2D eigenvalue weighted by Gasteiger charge is -2.45. The Morgan fingerprint density at radius 2 is 2.05 bits per heavy atom. The van der Waals surface area contributed by atoms with Gasteiger partial charge >= 0.3 is 0 Å². The molecule has 1 aromatic carbocycles. The molecule has 1 aliphatic carbocycles. The number of para-hydroxylation sites is 1. The topological polar surface area (TPSA) is 48.1 Å². The molecule has 0 amide bonds. The largest absolute Gasteiger partial charge is 0.377 e. The third-order valence-electron chi connectivity index (χ3n) is 4.37. The maximum absolute atomic E-state index is 6.34. The van der Waals surface area contributed by atoms with Crippen LogP contribution in [0.25, 0.3) is 10.9 Å². The highest BCUT2D eigenvalue weighted by Crippen LogP contribution is 2.38. The van der Waals surface area contributed by atoms with Gasteiger partial charge in [0, 0.05) is 30.7 Å². The maximum Gasteiger partial charge on any atom is 0.0832 e. The molecule has 1 aliphatic rings. The van der Waals surface area contributed by atoms with E-state index in [9.17, 15) is 0 Å². The van der Waals surface area contributed by atoms with Crippen molar-refractivity contribution in [3.8, 4) is 0 Å². The molecular formula is C16H20N2O. The molecule has 3 rings (SSSR count). The molecule has 2 N–H and O–H groups in total. The van der Waals surface area contributed by atoms with E-state index in [1.165, 1.54) is 11.8 Å². The Kier molecular flexibility index (Phi) is 3.25. The Labute approximate surface area is 113 Å². The monoisotopic (exact) mass is 256 g/mol. The summed E-state index contributed by atoms with van der Waals surface area (Å²) in [6, 6.07) is 12.4. The summed E-state index contributed by atoms with van der Waals surface area (Å²) in [6.07, 6.45) is 4.13. The van der Waals surface area contributed by atoms with Crippen molar-refractivity contribution in [2.75, 3.05) is 7.11 Å². The average Bonchev–Trinajstić information content (AvgIpc) is 2.38. The molecule has 1 fully saturated rings. The zero-order valence-corrected chi connectivity index (χ0v) is 11.3. The van der Waals surface area contributed by atoms with E-state index in [1.54, 1.807) is 7.11 Å². The molecule has 19 heavy (non-hydrogen) atoms. The van der Waals surface area contributed by atoms with Crippen LogP contribution in [0.15, 0.2) is 36.4 Å². The van der Waals surface area contributed by atoms with E-state index in [0.29, 0.717) is 0 Å². The number of hydrogen-bond acceptors (Lipinski definition) is 3. The molecule has 3 heteroatoms. The zero-order chi connectivity index (χ0) is 13.3. The number of ether oxygens (including phenoxy) is 1. The van der Waals surface area contributed by atoms with E-state index < -0.39 is 0 Å². The lowest BCUT2D eigenvalue weighted by atomic mass is 9.73. The number of methoxy groups -OCH3 is 1. The smallest absolute Gasteiger partial charge is 0.0832 e. The molecule has 1 aromatic heterocycles. The van der Waals surface area contributed by atoms with Crippen LogP contribution in [0.2, 0.25) is 0 Å². The van der Waals surface area contributed by atoms with E-state index in [-0.39, 0.29) is 11.6 Å². The number of pyridine rings is 1. The summed E-state index contributed by atoms with van der Waals surface area (Å²) >= 11 is 0. The number of benzene rings is 1. The van der Waals surface area contributed by atoms with Crippen molar-refractivity contribution in [1.82, 2.24) is 4.98 Å². The third kappa shape index (κ3) is 2.24. The fourth-order valence-electron chi connectivity index (χ4n) is 2.88. The summed E-state index contributed by atoms with van der Waals surface area (Å²) in [4.78, 5) is 4.69. The van der Waals surface area contributed by atoms with E-state index in [4.69, 9.17) is 10.5 Å². The Morgan fingerprint density at radius 3 is 2.74 bits per heavy atom. The molecule has 3 nitrogen and oxygen atoms in total. The van der Waals surface area contributed by atoms with Gasteiger partial charge in [0.25, 0.3) is 0 Å². The highest BCUT2D eigenvalue weighted by molar-refractivity contribution is 5.78. The Balaban J connectivity index is 1.81. The van der Waals surface area contributed by atoms with E-state index in [2.05, 4.69) is 23.2 Å². The van der Waals surface area contributed by atoms with Gasteiger partial charge in [-0.25, -0.2) is 0 Å². The van der Waals surface area contributed by atoms with Crippen LogP contribution >= 0.6 is 0 Å². The van der Waals surface area contributed by atoms with Gasteiger partial charge < -0.3 is 10.5 Å². The van der Waals surface area contributed by atoms with Gasteiger partial charge in [-0.15, -0.1) is 0 Å². The summed E-state index contributed by atoms with van der Waals surface area (Å²) in [6.45, 7) is 0. The van der Waals surface area contributed by atoms with Crippen molar-refractivity contribution < 1.29 is 4.74 Å². The van der Waals surface area contributed by atoms with Crippen molar-refractivity contribution in [3.05, 3.63) is 42.1 Å². The van der Waals surface area contributed by atoms with Gasteiger partial charge in [-0.05, 0) is 31.4 Å². The van der Waals surface area contributed by atoms with Crippen LogP contribution in [0.4, 0.5) is 0 Å². The number of fused-ring (bicyclic) bond motifs is 1. The molecule has 0 bridgehead atoms. The van der Waals surface area contributed by atoms with E-state index >= 15 is 0 Å². The number of rotatable bonds is 4. The highest BCUT2D eigenvalue weighted by atomic mass is 16.5. The van der Waals surface area contributed by atoms with Crippen LogP contribution in [0.5, 0.6) is 0 Å². The second kappa shape index (κ2) is 4.91. The average molecular weight is 256 g/mol. The fraction of sp³-hybridized carbons (Fsp3) is 0.438. The number of aromatic nitrogens is 1. The second-order valence-corrected chi connectivity index (χ2v) is 5.43. The van der Waals surface area contributed by atoms with Crippen LogP contribution in [-0.2, 0) is 11.2 Å². The van der Waals surface area contributed by atoms with Gasteiger partial charge in [0.15, 0.2) is 0 Å². The minimum Gasteiger partial charge on any atom is -0.377 e. The Morgan fingerprint density at radius 1 is 1.26 bits per heavy atom. The van der Waals surface area contributed by atoms with E-state index in [0.717, 1.165) is 30.5 Å². The maximum atomic E-state index is 6.34. The molecule has 2 aromatic rings. The first-order chi connectivity index (χ1) is 9.23. The molecule has 1 heterocycles. The summed E-state index contributed by atoms with van der Waals surface area (Å²) in [5.41, 5.74) is 8.30. The first-order valence-electron chi connectivity index (χ1n) is 6.89. The summed E-state index contributed by atoms with van der Waals surface area (Å²) in [5.74, 6) is 0. The van der Waals surface area contributed by atoms with Gasteiger partial charge in [-0.1, -0.05) is 24.3 Å². The number of nitrogens with two attached hydrogens (primary N) is 1. The lowest BCUT2D eigenvalue weighted by molar-refractivity contribution is -0.0898. The van der Waals surface area contributed by atoms with Crippen LogP contribution in [-0.4, -0.2) is 23.7 Å². The van der Waals surface area contributed by atoms with Gasteiger partial charge in [-0.3, -0.25) is 4.98 Å². The molecular weight excluding hydrogens is 236 g/mol. The van der Waals surface area contributed by atoms with Crippen LogP contribution in [0, 0.1) is 0 Å². The third-order valence-corrected chi connectivity index (χ3v) is 4.37. The molecule has 100 valence electrons. The van der Waals surface area contributed by atoms with Crippen molar-refractivity contribution in [2.45, 2.75) is 37.3 Å². The minimum atomic E-state index is -0.118. The SMILES string of the molecule is COC1(C(N)Cc2ccc3ccccc3n2)CCC1. The number of hydrogen-bond donors (Lipinski definition) is 1.